The first-order valence-electron chi connectivity index (χ1n) is 12.7. The van der Waals surface area contributed by atoms with Gasteiger partial charge in [0.05, 0.1) is 13.7 Å². The number of carbonyl (C=O) groups is 3. The minimum absolute atomic E-state index is 0.250. The molecular formula is C29H38N4O6. The molecule has 1 heterocycles. The Labute approximate surface area is 229 Å². The van der Waals surface area contributed by atoms with Crippen LogP contribution in [-0.4, -0.2) is 48.5 Å². The van der Waals surface area contributed by atoms with E-state index in [1.54, 1.807) is 58.3 Å². The Morgan fingerprint density at radius 2 is 1.90 bits per heavy atom. The molecule has 2 rings (SSSR count). The predicted molar refractivity (Wildman–Crippen MR) is 151 cm³/mol. The molecule has 210 valence electrons. The fourth-order valence-corrected chi connectivity index (χ4v) is 3.50. The number of allylic oxidation sites excluding steroid dienone is 1. The average Bonchev–Trinajstić information content (AvgIpc) is 2.87. The molecule has 0 radical (unpaired) electrons. The quantitative estimate of drug-likeness (QED) is 0.175. The van der Waals surface area contributed by atoms with Gasteiger partial charge < -0.3 is 19.5 Å². The van der Waals surface area contributed by atoms with Crippen LogP contribution in [-0.2, 0) is 25.4 Å². The van der Waals surface area contributed by atoms with Gasteiger partial charge in [-0.1, -0.05) is 18.2 Å². The number of benzene rings is 1. The van der Waals surface area contributed by atoms with Gasteiger partial charge in [0, 0.05) is 35.0 Å². The molecule has 1 atom stereocenters. The lowest BCUT2D eigenvalue weighted by atomic mass is 10.0. The van der Waals surface area contributed by atoms with Crippen LogP contribution in [0, 0.1) is 0 Å². The van der Waals surface area contributed by atoms with E-state index in [1.165, 1.54) is 7.11 Å². The number of amides is 2. The minimum atomic E-state index is -0.668. The number of hydrogen-bond acceptors (Lipinski definition) is 8. The van der Waals surface area contributed by atoms with Crippen molar-refractivity contribution >= 4 is 29.5 Å². The van der Waals surface area contributed by atoms with Gasteiger partial charge in [-0.05, 0) is 76.8 Å². The van der Waals surface area contributed by atoms with E-state index in [2.05, 4.69) is 27.5 Å². The molecule has 0 saturated carbocycles. The average molecular weight is 539 g/mol. The van der Waals surface area contributed by atoms with E-state index in [4.69, 9.17) is 14.2 Å². The minimum Gasteiger partial charge on any atom is -0.464 e. The Morgan fingerprint density at radius 1 is 1.13 bits per heavy atom. The number of nitrogens with zero attached hydrogens (tertiary/aromatic N) is 1. The number of anilines is 2. The summed E-state index contributed by atoms with van der Waals surface area (Å²) in [5.74, 6) is -0.406. The summed E-state index contributed by atoms with van der Waals surface area (Å²) in [7, 11) is 1.28. The first-order chi connectivity index (χ1) is 18.6. The van der Waals surface area contributed by atoms with Crippen LogP contribution in [0.2, 0.25) is 0 Å². The third kappa shape index (κ3) is 10.9. The van der Waals surface area contributed by atoms with Crippen molar-refractivity contribution in [2.75, 3.05) is 24.4 Å². The summed E-state index contributed by atoms with van der Waals surface area (Å²) in [5.41, 5.74) is 3.04. The largest absolute Gasteiger partial charge is 0.464 e. The summed E-state index contributed by atoms with van der Waals surface area (Å²) in [4.78, 5) is 40.5. The van der Waals surface area contributed by atoms with Gasteiger partial charge in [0.2, 0.25) is 0 Å². The van der Waals surface area contributed by atoms with Crippen LogP contribution in [0.5, 0.6) is 0 Å². The van der Waals surface area contributed by atoms with Crippen LogP contribution in [0.3, 0.4) is 0 Å². The van der Waals surface area contributed by atoms with E-state index in [9.17, 15) is 14.4 Å². The molecule has 2 amide bonds. The summed E-state index contributed by atoms with van der Waals surface area (Å²) in [6, 6.07) is 8.47. The van der Waals surface area contributed by atoms with E-state index in [0.717, 1.165) is 16.8 Å². The number of methoxy groups -OCH3 is 1. The maximum atomic E-state index is 12.6. The molecule has 3 N–H and O–H groups in total. The van der Waals surface area contributed by atoms with Crippen LogP contribution >= 0.6 is 0 Å². The standard InChI is InChI=1S/C29H38N4O6/c1-7-11-24(26(34)38-8-2)33-25-19-22(32-28(36)37-6)13-14-23(25)20-15-17-30-21(18-20)12-9-10-16-31-27(35)39-29(3,4)5/h7,10,13-19,24,33H,1,8-9,11-12H2,2-6H3,(H,31,35)(H,32,36). The molecule has 1 unspecified atom stereocenters. The highest BCUT2D eigenvalue weighted by atomic mass is 16.6. The van der Waals surface area contributed by atoms with E-state index >= 15 is 0 Å². The molecule has 39 heavy (non-hydrogen) atoms. The number of ether oxygens (including phenoxy) is 3. The monoisotopic (exact) mass is 538 g/mol. The Kier molecular flexibility index (Phi) is 12.0. The number of nitrogens with one attached hydrogen (secondary N) is 3. The molecular weight excluding hydrogens is 500 g/mol. The van der Waals surface area contributed by atoms with Crippen molar-refractivity contribution in [1.29, 1.82) is 0 Å². The van der Waals surface area contributed by atoms with Crippen LogP contribution in [0.4, 0.5) is 21.0 Å². The second kappa shape index (κ2) is 15.2. The van der Waals surface area contributed by atoms with Crippen LogP contribution in [0.15, 0.2) is 61.5 Å². The third-order valence-electron chi connectivity index (χ3n) is 5.17. The smallest absolute Gasteiger partial charge is 0.411 e. The highest BCUT2D eigenvalue weighted by Gasteiger charge is 2.20. The molecule has 0 aliphatic heterocycles. The molecule has 1 aromatic heterocycles. The van der Waals surface area contributed by atoms with Crippen molar-refractivity contribution in [3.05, 3.63) is 67.2 Å². The molecule has 0 aliphatic rings. The highest BCUT2D eigenvalue weighted by molar-refractivity contribution is 5.90. The van der Waals surface area contributed by atoms with Gasteiger partial charge >= 0.3 is 18.2 Å². The lowest BCUT2D eigenvalue weighted by Gasteiger charge is -2.20. The van der Waals surface area contributed by atoms with Gasteiger partial charge in [0.15, 0.2) is 0 Å². The number of esters is 1. The first-order valence-corrected chi connectivity index (χ1v) is 12.7. The van der Waals surface area contributed by atoms with Gasteiger partial charge in [-0.25, -0.2) is 14.4 Å². The van der Waals surface area contributed by atoms with Crippen molar-refractivity contribution in [3.63, 3.8) is 0 Å². The number of aromatic nitrogens is 1. The summed E-state index contributed by atoms with van der Waals surface area (Å²) >= 11 is 0. The maximum absolute atomic E-state index is 12.6. The number of aryl methyl sites for hydroxylation is 1. The van der Waals surface area contributed by atoms with Crippen LogP contribution in [0.1, 0.15) is 46.2 Å². The number of carbonyl (C=O) groups excluding carboxylic acids is 3. The molecule has 0 fully saturated rings. The molecule has 0 spiro atoms. The predicted octanol–water partition coefficient (Wildman–Crippen LogP) is 5.82. The summed E-state index contributed by atoms with van der Waals surface area (Å²) in [6.45, 7) is 11.1. The Balaban J connectivity index is 2.25. The number of alkyl carbamates (subject to hydrolysis) is 1. The second-order valence-corrected chi connectivity index (χ2v) is 9.47. The number of rotatable bonds is 12. The van der Waals surface area contributed by atoms with Gasteiger partial charge in [-0.15, -0.1) is 6.58 Å². The molecule has 2 aromatic rings. The van der Waals surface area contributed by atoms with Gasteiger partial charge in [0.25, 0.3) is 0 Å². The van der Waals surface area contributed by atoms with E-state index in [1.807, 2.05) is 24.3 Å². The van der Waals surface area contributed by atoms with E-state index in [-0.39, 0.29) is 6.61 Å². The van der Waals surface area contributed by atoms with E-state index in [0.29, 0.717) is 30.6 Å². The van der Waals surface area contributed by atoms with Gasteiger partial charge in [-0.3, -0.25) is 15.6 Å². The third-order valence-corrected chi connectivity index (χ3v) is 5.17. The molecule has 10 nitrogen and oxygen atoms in total. The Bertz CT molecular complexity index is 1170. The van der Waals surface area contributed by atoms with Crippen molar-refractivity contribution in [3.8, 4) is 11.1 Å². The fraction of sp³-hybridized carbons (Fsp3) is 0.379. The number of hydrogen-bond donors (Lipinski definition) is 3. The van der Waals surface area contributed by atoms with Crippen LogP contribution < -0.4 is 16.0 Å². The normalized spacial score (nSPS) is 11.8. The highest BCUT2D eigenvalue weighted by Crippen LogP contribution is 2.32. The summed E-state index contributed by atoms with van der Waals surface area (Å²) in [5, 5.41) is 8.48. The second-order valence-electron chi connectivity index (χ2n) is 9.47. The fourth-order valence-electron chi connectivity index (χ4n) is 3.50. The molecule has 10 heteroatoms. The summed E-state index contributed by atoms with van der Waals surface area (Å²) < 4.78 is 15.1. The number of pyridine rings is 1. The molecule has 0 bridgehead atoms. The Hall–Kier alpha value is -4.34. The van der Waals surface area contributed by atoms with Crippen LogP contribution in [0.25, 0.3) is 11.1 Å². The molecule has 0 saturated heterocycles. The topological polar surface area (TPSA) is 128 Å². The van der Waals surface area contributed by atoms with E-state index < -0.39 is 29.8 Å². The van der Waals surface area contributed by atoms with Crippen molar-refractivity contribution in [2.24, 2.45) is 0 Å². The van der Waals surface area contributed by atoms with Crippen molar-refractivity contribution in [1.82, 2.24) is 10.3 Å². The van der Waals surface area contributed by atoms with Crippen molar-refractivity contribution < 1.29 is 28.6 Å². The lowest BCUT2D eigenvalue weighted by molar-refractivity contribution is -0.143. The molecule has 0 aliphatic carbocycles. The zero-order chi connectivity index (χ0) is 28.8. The first kappa shape index (κ1) is 30.9. The zero-order valence-corrected chi connectivity index (χ0v) is 23.2. The maximum Gasteiger partial charge on any atom is 0.411 e. The summed E-state index contributed by atoms with van der Waals surface area (Å²) in [6.07, 6.45) is 7.24. The lowest BCUT2D eigenvalue weighted by Crippen LogP contribution is -2.31. The zero-order valence-electron chi connectivity index (χ0n) is 23.2. The van der Waals surface area contributed by atoms with Gasteiger partial charge in [-0.2, -0.15) is 0 Å². The Morgan fingerprint density at radius 3 is 2.56 bits per heavy atom. The SMILES string of the molecule is C=CCC(Nc1cc(NC(=O)OC)ccc1-c1ccnc(CCC=CNC(=O)OC(C)(C)C)c1)C(=O)OCC. The molecule has 1 aromatic carbocycles. The van der Waals surface area contributed by atoms with Gasteiger partial charge in [0.1, 0.15) is 11.6 Å². The van der Waals surface area contributed by atoms with Crippen molar-refractivity contribution in [2.45, 2.75) is 58.6 Å².